The Kier molecular flexibility index (Phi) is 6.87. The number of hydrogen-bond donors (Lipinski definition) is 1. The second-order valence-corrected chi connectivity index (χ2v) is 5.74. The Morgan fingerprint density at radius 2 is 1.14 bits per heavy atom. The minimum Gasteiger partial charge on any atom is -0.508 e. The zero-order chi connectivity index (χ0) is 14.8. The molecule has 0 bridgehead atoms. The van der Waals surface area contributed by atoms with Crippen LogP contribution >= 0.6 is 0 Å². The summed E-state index contributed by atoms with van der Waals surface area (Å²) in [6.45, 7) is 0. The average molecular weight is 282 g/mol. The van der Waals surface area contributed by atoms with Gasteiger partial charge in [0.25, 0.3) is 0 Å². The van der Waals surface area contributed by atoms with E-state index >= 15 is 0 Å². The maximum Gasteiger partial charge on any atom is 0.118 e. The third kappa shape index (κ3) is 6.03. The molecule has 2 aromatic rings. The van der Waals surface area contributed by atoms with Crippen LogP contribution in [0.3, 0.4) is 0 Å². The zero-order valence-corrected chi connectivity index (χ0v) is 12.8. The van der Waals surface area contributed by atoms with Crippen molar-refractivity contribution >= 4 is 0 Å². The SMILES string of the molecule is Oc1ccccc1CCCCCCCCc1ccccc1. The molecule has 0 saturated heterocycles. The van der Waals surface area contributed by atoms with E-state index in [9.17, 15) is 5.11 Å². The molecule has 0 radical (unpaired) electrons. The first kappa shape index (κ1) is 15.6. The van der Waals surface area contributed by atoms with Crippen LogP contribution in [0.25, 0.3) is 0 Å². The molecule has 0 amide bonds. The maximum atomic E-state index is 9.69. The van der Waals surface area contributed by atoms with Gasteiger partial charge in [0.1, 0.15) is 5.75 Å². The zero-order valence-electron chi connectivity index (χ0n) is 12.8. The highest BCUT2D eigenvalue weighted by molar-refractivity contribution is 5.31. The fraction of sp³-hybridized carbons (Fsp3) is 0.400. The Balaban J connectivity index is 1.48. The lowest BCUT2D eigenvalue weighted by Gasteiger charge is -2.05. The van der Waals surface area contributed by atoms with E-state index in [1.165, 1.54) is 50.5 Å². The summed E-state index contributed by atoms with van der Waals surface area (Å²) in [4.78, 5) is 0. The van der Waals surface area contributed by atoms with Gasteiger partial charge in [-0.1, -0.05) is 74.2 Å². The van der Waals surface area contributed by atoms with Gasteiger partial charge < -0.3 is 5.11 Å². The number of aryl methyl sites for hydroxylation is 2. The van der Waals surface area contributed by atoms with Gasteiger partial charge in [0, 0.05) is 0 Å². The van der Waals surface area contributed by atoms with Crippen LogP contribution in [0, 0.1) is 0 Å². The number of benzene rings is 2. The second-order valence-electron chi connectivity index (χ2n) is 5.74. The first-order valence-corrected chi connectivity index (χ1v) is 8.17. The number of phenols is 1. The molecule has 0 fully saturated rings. The van der Waals surface area contributed by atoms with Crippen molar-refractivity contribution in [2.75, 3.05) is 0 Å². The summed E-state index contributed by atoms with van der Waals surface area (Å²) in [6.07, 6.45) is 9.90. The van der Waals surface area contributed by atoms with E-state index in [4.69, 9.17) is 0 Å². The molecule has 2 aromatic carbocycles. The lowest BCUT2D eigenvalue weighted by atomic mass is 10.0. The third-order valence-electron chi connectivity index (χ3n) is 4.00. The molecular formula is C20H26O. The van der Waals surface area contributed by atoms with E-state index in [1.54, 1.807) is 6.07 Å². The number of phenolic OH excluding ortho intramolecular Hbond substituents is 1. The Labute approximate surface area is 128 Å². The van der Waals surface area contributed by atoms with Crippen molar-refractivity contribution in [3.63, 3.8) is 0 Å². The van der Waals surface area contributed by atoms with Gasteiger partial charge >= 0.3 is 0 Å². The highest BCUT2D eigenvalue weighted by atomic mass is 16.3. The van der Waals surface area contributed by atoms with Crippen LogP contribution in [0.15, 0.2) is 54.6 Å². The highest BCUT2D eigenvalue weighted by Gasteiger charge is 1.99. The number of para-hydroxylation sites is 1. The van der Waals surface area contributed by atoms with Gasteiger partial charge in [0.15, 0.2) is 0 Å². The van der Waals surface area contributed by atoms with E-state index in [-0.39, 0.29) is 0 Å². The summed E-state index contributed by atoms with van der Waals surface area (Å²) in [5, 5.41) is 9.69. The third-order valence-corrected chi connectivity index (χ3v) is 4.00. The molecule has 0 aliphatic carbocycles. The Bertz CT molecular complexity index is 504. The lowest BCUT2D eigenvalue weighted by Crippen LogP contribution is -1.88. The van der Waals surface area contributed by atoms with Crippen molar-refractivity contribution in [3.05, 3.63) is 65.7 Å². The number of hydrogen-bond acceptors (Lipinski definition) is 1. The average Bonchev–Trinajstić information content (AvgIpc) is 2.52. The van der Waals surface area contributed by atoms with E-state index in [1.807, 2.05) is 18.2 Å². The Hall–Kier alpha value is -1.76. The number of unbranched alkanes of at least 4 members (excludes halogenated alkanes) is 5. The predicted molar refractivity (Wildman–Crippen MR) is 89.7 cm³/mol. The monoisotopic (exact) mass is 282 g/mol. The molecule has 2 rings (SSSR count). The summed E-state index contributed by atoms with van der Waals surface area (Å²) in [5.41, 5.74) is 2.54. The topological polar surface area (TPSA) is 20.2 Å². The summed E-state index contributed by atoms with van der Waals surface area (Å²) in [6, 6.07) is 18.4. The van der Waals surface area contributed by atoms with Crippen LogP contribution in [0.1, 0.15) is 49.7 Å². The normalized spacial score (nSPS) is 10.7. The van der Waals surface area contributed by atoms with Crippen molar-refractivity contribution in [2.24, 2.45) is 0 Å². The van der Waals surface area contributed by atoms with Gasteiger partial charge in [-0.15, -0.1) is 0 Å². The van der Waals surface area contributed by atoms with Crippen molar-refractivity contribution in [2.45, 2.75) is 51.4 Å². The minimum atomic E-state index is 0.445. The molecular weight excluding hydrogens is 256 g/mol. The molecule has 0 spiro atoms. The summed E-state index contributed by atoms with van der Waals surface area (Å²) in [7, 11) is 0. The highest BCUT2D eigenvalue weighted by Crippen LogP contribution is 2.19. The first-order valence-electron chi connectivity index (χ1n) is 8.17. The van der Waals surface area contributed by atoms with Crippen molar-refractivity contribution in [1.29, 1.82) is 0 Å². The molecule has 0 saturated carbocycles. The van der Waals surface area contributed by atoms with Gasteiger partial charge in [-0.25, -0.2) is 0 Å². The molecule has 0 heterocycles. The minimum absolute atomic E-state index is 0.445. The molecule has 0 aliphatic heterocycles. The molecule has 1 heteroatoms. The molecule has 0 aliphatic rings. The van der Waals surface area contributed by atoms with E-state index < -0.39 is 0 Å². The van der Waals surface area contributed by atoms with E-state index in [0.29, 0.717) is 5.75 Å². The maximum absolute atomic E-state index is 9.69. The van der Waals surface area contributed by atoms with Crippen LogP contribution < -0.4 is 0 Å². The fourth-order valence-electron chi connectivity index (χ4n) is 2.72. The molecule has 0 unspecified atom stereocenters. The summed E-state index contributed by atoms with van der Waals surface area (Å²) >= 11 is 0. The second kappa shape index (κ2) is 9.23. The van der Waals surface area contributed by atoms with E-state index in [0.717, 1.165) is 12.0 Å². The molecule has 112 valence electrons. The molecule has 21 heavy (non-hydrogen) atoms. The summed E-state index contributed by atoms with van der Waals surface area (Å²) in [5.74, 6) is 0.445. The largest absolute Gasteiger partial charge is 0.508 e. The van der Waals surface area contributed by atoms with Crippen LogP contribution in [-0.2, 0) is 12.8 Å². The van der Waals surface area contributed by atoms with E-state index in [2.05, 4.69) is 30.3 Å². The van der Waals surface area contributed by atoms with Crippen LogP contribution in [0.2, 0.25) is 0 Å². The molecule has 1 nitrogen and oxygen atoms in total. The lowest BCUT2D eigenvalue weighted by molar-refractivity contribution is 0.466. The van der Waals surface area contributed by atoms with Crippen molar-refractivity contribution in [1.82, 2.24) is 0 Å². The molecule has 0 aromatic heterocycles. The predicted octanol–water partition coefficient (Wildman–Crippen LogP) is 5.52. The van der Waals surface area contributed by atoms with Gasteiger partial charge in [0.2, 0.25) is 0 Å². The van der Waals surface area contributed by atoms with Crippen molar-refractivity contribution < 1.29 is 5.11 Å². The quantitative estimate of drug-likeness (QED) is 0.600. The summed E-state index contributed by atoms with van der Waals surface area (Å²) < 4.78 is 0. The van der Waals surface area contributed by atoms with Crippen molar-refractivity contribution in [3.8, 4) is 5.75 Å². The Morgan fingerprint density at radius 3 is 1.86 bits per heavy atom. The van der Waals surface area contributed by atoms with Crippen LogP contribution in [0.4, 0.5) is 0 Å². The van der Waals surface area contributed by atoms with Gasteiger partial charge in [-0.2, -0.15) is 0 Å². The Morgan fingerprint density at radius 1 is 0.571 bits per heavy atom. The number of rotatable bonds is 9. The smallest absolute Gasteiger partial charge is 0.118 e. The number of aromatic hydroxyl groups is 1. The fourth-order valence-corrected chi connectivity index (χ4v) is 2.72. The molecule has 0 atom stereocenters. The first-order chi connectivity index (χ1) is 10.4. The van der Waals surface area contributed by atoms with Crippen LogP contribution in [0.5, 0.6) is 5.75 Å². The van der Waals surface area contributed by atoms with Gasteiger partial charge in [0.05, 0.1) is 0 Å². The van der Waals surface area contributed by atoms with Gasteiger partial charge in [-0.3, -0.25) is 0 Å². The standard InChI is InChI=1S/C20H26O/c21-20-17-11-10-16-19(20)15-9-4-2-1-3-6-12-18-13-7-5-8-14-18/h5,7-8,10-11,13-14,16-17,21H,1-4,6,9,12,15H2. The molecule has 1 N–H and O–H groups in total. The van der Waals surface area contributed by atoms with Crippen LogP contribution in [-0.4, -0.2) is 5.11 Å². The van der Waals surface area contributed by atoms with Gasteiger partial charge in [-0.05, 0) is 42.9 Å².